The van der Waals surface area contributed by atoms with Crippen LogP contribution in [0.15, 0.2) is 42.5 Å². The summed E-state index contributed by atoms with van der Waals surface area (Å²) in [6.07, 6.45) is 0. The molecule has 0 bridgehead atoms. The van der Waals surface area contributed by atoms with Crippen LogP contribution in [0.1, 0.15) is 21.5 Å². The van der Waals surface area contributed by atoms with Crippen molar-refractivity contribution in [2.45, 2.75) is 18.4 Å². The van der Waals surface area contributed by atoms with Crippen molar-refractivity contribution < 1.29 is 18.3 Å². The Hall–Kier alpha value is -1.62. The molecule has 2 aromatic carbocycles. The van der Waals surface area contributed by atoms with Crippen molar-refractivity contribution in [1.29, 1.82) is 0 Å². The number of hydrogen-bond acceptors (Lipinski definition) is 2. The van der Waals surface area contributed by atoms with Gasteiger partial charge in [-0.1, -0.05) is 51.8 Å². The van der Waals surface area contributed by atoms with E-state index in [0.717, 1.165) is 11.1 Å². The minimum absolute atomic E-state index is 0.151. The van der Waals surface area contributed by atoms with Crippen molar-refractivity contribution in [2.75, 3.05) is 7.11 Å². The molecule has 112 valence electrons. The summed E-state index contributed by atoms with van der Waals surface area (Å²) >= 11 is 3.56. The minimum atomic E-state index is -2.86. The van der Waals surface area contributed by atoms with Gasteiger partial charge < -0.3 is 9.47 Å². The maximum atomic E-state index is 12.5. The van der Waals surface area contributed by atoms with Gasteiger partial charge >= 0.3 is 6.61 Å². The Balaban J connectivity index is 2.45. The van der Waals surface area contributed by atoms with E-state index >= 15 is 0 Å². The van der Waals surface area contributed by atoms with Gasteiger partial charge in [0.15, 0.2) is 0 Å². The second-order valence-corrected chi connectivity index (χ2v) is 5.44. The molecule has 0 aromatic heterocycles. The van der Waals surface area contributed by atoms with Gasteiger partial charge in [0.1, 0.15) is 11.5 Å². The van der Waals surface area contributed by atoms with E-state index in [4.69, 9.17) is 4.74 Å². The molecular weight excluding hydrogens is 342 g/mol. The van der Waals surface area contributed by atoms with Crippen LogP contribution in [0.2, 0.25) is 0 Å². The molecule has 2 rings (SSSR count). The standard InChI is InChI=1S/C16H15BrF2O2/c1-10-7-8-13(20-2)12(9-10)15(17)11-5-3-4-6-14(11)21-16(18)19/h3-9,15-16H,1-2H3. The molecule has 0 heterocycles. The number of benzene rings is 2. The number of aryl methyl sites for hydroxylation is 1. The summed E-state index contributed by atoms with van der Waals surface area (Å²) in [5, 5.41) is 0. The maximum absolute atomic E-state index is 12.5. The molecular formula is C16H15BrF2O2. The molecule has 0 spiro atoms. The van der Waals surface area contributed by atoms with E-state index < -0.39 is 6.61 Å². The molecule has 0 saturated carbocycles. The number of ether oxygens (including phenoxy) is 2. The van der Waals surface area contributed by atoms with Gasteiger partial charge in [-0.25, -0.2) is 0 Å². The van der Waals surface area contributed by atoms with Crippen molar-refractivity contribution in [3.63, 3.8) is 0 Å². The van der Waals surface area contributed by atoms with Crippen molar-refractivity contribution in [3.05, 3.63) is 59.2 Å². The third-order valence-electron chi connectivity index (χ3n) is 3.07. The Labute approximate surface area is 130 Å². The highest BCUT2D eigenvalue weighted by atomic mass is 79.9. The van der Waals surface area contributed by atoms with E-state index in [0.29, 0.717) is 11.3 Å². The number of halogens is 3. The van der Waals surface area contributed by atoms with Crippen LogP contribution in [0.4, 0.5) is 8.78 Å². The second kappa shape index (κ2) is 6.89. The van der Waals surface area contributed by atoms with E-state index in [1.807, 2.05) is 25.1 Å². The normalized spacial score (nSPS) is 12.3. The average Bonchev–Trinajstić information content (AvgIpc) is 2.46. The van der Waals surface area contributed by atoms with Gasteiger partial charge in [0.25, 0.3) is 0 Å². The van der Waals surface area contributed by atoms with Gasteiger partial charge in [-0.05, 0) is 19.1 Å². The molecule has 0 fully saturated rings. The average molecular weight is 357 g/mol. The zero-order valence-electron chi connectivity index (χ0n) is 11.6. The number of para-hydroxylation sites is 1. The molecule has 0 aliphatic heterocycles. The van der Waals surface area contributed by atoms with Gasteiger partial charge in [0.2, 0.25) is 0 Å². The lowest BCUT2D eigenvalue weighted by molar-refractivity contribution is -0.0503. The zero-order chi connectivity index (χ0) is 15.4. The zero-order valence-corrected chi connectivity index (χ0v) is 13.2. The minimum Gasteiger partial charge on any atom is -0.496 e. The van der Waals surface area contributed by atoms with E-state index in [1.54, 1.807) is 25.3 Å². The molecule has 0 saturated heterocycles. The first kappa shape index (κ1) is 15.8. The summed E-state index contributed by atoms with van der Waals surface area (Å²) in [6, 6.07) is 12.5. The fourth-order valence-corrected chi connectivity index (χ4v) is 2.85. The van der Waals surface area contributed by atoms with Crippen LogP contribution in [-0.4, -0.2) is 13.7 Å². The lowest BCUT2D eigenvalue weighted by Gasteiger charge is -2.18. The van der Waals surface area contributed by atoms with Gasteiger partial charge in [0.05, 0.1) is 11.9 Å². The third kappa shape index (κ3) is 3.73. The lowest BCUT2D eigenvalue weighted by Crippen LogP contribution is -2.06. The summed E-state index contributed by atoms with van der Waals surface area (Å²) in [5.74, 6) is 0.840. The first-order valence-corrected chi connectivity index (χ1v) is 7.27. The molecule has 1 atom stereocenters. The fourth-order valence-electron chi connectivity index (χ4n) is 2.11. The predicted molar refractivity (Wildman–Crippen MR) is 81.6 cm³/mol. The molecule has 2 aromatic rings. The number of hydrogen-bond donors (Lipinski definition) is 0. The van der Waals surface area contributed by atoms with Crippen molar-refractivity contribution >= 4 is 15.9 Å². The second-order valence-electron chi connectivity index (χ2n) is 4.52. The predicted octanol–water partition coefficient (Wildman–Crippen LogP) is 5.09. The van der Waals surface area contributed by atoms with Crippen molar-refractivity contribution in [1.82, 2.24) is 0 Å². The first-order chi connectivity index (χ1) is 10.0. The third-order valence-corrected chi connectivity index (χ3v) is 4.05. The molecule has 0 amide bonds. The summed E-state index contributed by atoms with van der Waals surface area (Å²) in [4.78, 5) is -0.303. The van der Waals surface area contributed by atoms with E-state index in [2.05, 4.69) is 20.7 Å². The van der Waals surface area contributed by atoms with Crippen LogP contribution in [0.5, 0.6) is 11.5 Å². The number of rotatable bonds is 5. The van der Waals surface area contributed by atoms with Crippen LogP contribution >= 0.6 is 15.9 Å². The highest BCUT2D eigenvalue weighted by molar-refractivity contribution is 9.09. The summed E-state index contributed by atoms with van der Waals surface area (Å²) < 4.78 is 35.0. The van der Waals surface area contributed by atoms with Gasteiger partial charge in [0, 0.05) is 11.1 Å². The Bertz CT molecular complexity index is 617. The largest absolute Gasteiger partial charge is 0.496 e. The Morgan fingerprint density at radius 2 is 1.71 bits per heavy atom. The Morgan fingerprint density at radius 1 is 1.00 bits per heavy atom. The van der Waals surface area contributed by atoms with Gasteiger partial charge in [-0.2, -0.15) is 8.78 Å². The molecule has 5 heteroatoms. The monoisotopic (exact) mass is 356 g/mol. The summed E-state index contributed by atoms with van der Waals surface area (Å²) in [7, 11) is 1.58. The van der Waals surface area contributed by atoms with Crippen molar-refractivity contribution in [2.24, 2.45) is 0 Å². The molecule has 1 unspecified atom stereocenters. The Kier molecular flexibility index (Phi) is 5.17. The molecule has 0 aliphatic rings. The van der Waals surface area contributed by atoms with Crippen LogP contribution in [-0.2, 0) is 0 Å². The highest BCUT2D eigenvalue weighted by Crippen LogP contribution is 2.41. The molecule has 0 aliphatic carbocycles. The lowest BCUT2D eigenvalue weighted by atomic mass is 10.0. The van der Waals surface area contributed by atoms with Crippen LogP contribution in [0, 0.1) is 6.92 Å². The highest BCUT2D eigenvalue weighted by Gasteiger charge is 2.20. The SMILES string of the molecule is COc1ccc(C)cc1C(Br)c1ccccc1OC(F)F. The van der Waals surface area contributed by atoms with Gasteiger partial charge in [-0.15, -0.1) is 0 Å². The molecule has 21 heavy (non-hydrogen) atoms. The maximum Gasteiger partial charge on any atom is 0.387 e. The molecule has 0 radical (unpaired) electrons. The topological polar surface area (TPSA) is 18.5 Å². The van der Waals surface area contributed by atoms with Crippen molar-refractivity contribution in [3.8, 4) is 11.5 Å². The van der Waals surface area contributed by atoms with Crippen LogP contribution in [0.3, 0.4) is 0 Å². The van der Waals surface area contributed by atoms with Crippen LogP contribution < -0.4 is 9.47 Å². The Morgan fingerprint density at radius 3 is 2.38 bits per heavy atom. The van der Waals surface area contributed by atoms with Gasteiger partial charge in [-0.3, -0.25) is 0 Å². The van der Waals surface area contributed by atoms with E-state index in [1.165, 1.54) is 6.07 Å². The number of alkyl halides is 3. The van der Waals surface area contributed by atoms with E-state index in [9.17, 15) is 8.78 Å². The quantitative estimate of drug-likeness (QED) is 0.694. The number of methoxy groups -OCH3 is 1. The smallest absolute Gasteiger partial charge is 0.387 e. The summed E-state index contributed by atoms with van der Waals surface area (Å²) in [5.41, 5.74) is 2.55. The van der Waals surface area contributed by atoms with E-state index in [-0.39, 0.29) is 10.6 Å². The van der Waals surface area contributed by atoms with Crippen LogP contribution in [0.25, 0.3) is 0 Å². The molecule has 0 N–H and O–H groups in total. The fraction of sp³-hybridized carbons (Fsp3) is 0.250. The first-order valence-electron chi connectivity index (χ1n) is 6.35. The summed E-state index contributed by atoms with van der Waals surface area (Å²) in [6.45, 7) is -0.894. The molecule has 2 nitrogen and oxygen atoms in total.